The van der Waals surface area contributed by atoms with Crippen molar-refractivity contribution in [2.45, 2.75) is 94.9 Å². The van der Waals surface area contributed by atoms with E-state index >= 15 is 0 Å². The molecular formula is C60H68. The number of benzene rings is 7. The average molecular weight is 789 g/mol. The third kappa shape index (κ3) is 12.3. The minimum Gasteiger partial charge on any atom is -0.0683 e. The number of hydrogen-bond donors (Lipinski definition) is 0. The van der Waals surface area contributed by atoms with Gasteiger partial charge in [-0.1, -0.05) is 255 Å². The Kier molecular flexibility index (Phi) is 17.9. The Morgan fingerprint density at radius 2 is 0.683 bits per heavy atom. The number of rotatable bonds is 7. The maximum absolute atomic E-state index is 2.37. The molecule has 308 valence electrons. The summed E-state index contributed by atoms with van der Waals surface area (Å²) in [5.74, 6) is 0. The Bertz CT molecular complexity index is 2480. The van der Waals surface area contributed by atoms with Gasteiger partial charge in [0.05, 0.1) is 0 Å². The molecule has 0 bridgehead atoms. The first-order valence-corrected chi connectivity index (χ1v) is 22.2. The Balaban J connectivity index is 0.000000238. The Morgan fingerprint density at radius 1 is 0.350 bits per heavy atom. The molecule has 7 aromatic rings. The van der Waals surface area contributed by atoms with E-state index in [9.17, 15) is 0 Å². The predicted molar refractivity (Wildman–Crippen MR) is 272 cm³/mol. The van der Waals surface area contributed by atoms with Gasteiger partial charge < -0.3 is 0 Å². The van der Waals surface area contributed by atoms with Crippen molar-refractivity contribution in [3.05, 3.63) is 212 Å². The number of hydrogen-bond acceptors (Lipinski definition) is 0. The second-order valence-corrected chi connectivity index (χ2v) is 15.3. The molecule has 0 N–H and O–H groups in total. The summed E-state index contributed by atoms with van der Waals surface area (Å²) in [6, 6.07) is 53.0. The molecule has 1 aliphatic carbocycles. The maximum atomic E-state index is 2.37. The molecule has 7 aromatic carbocycles. The van der Waals surface area contributed by atoms with E-state index in [1.807, 2.05) is 41.5 Å². The van der Waals surface area contributed by atoms with Crippen LogP contribution in [0.15, 0.2) is 146 Å². The van der Waals surface area contributed by atoms with Gasteiger partial charge in [0, 0.05) is 5.41 Å². The van der Waals surface area contributed by atoms with Crippen molar-refractivity contribution in [1.29, 1.82) is 0 Å². The molecule has 0 radical (unpaired) electrons. The van der Waals surface area contributed by atoms with Gasteiger partial charge in [-0.3, -0.25) is 0 Å². The van der Waals surface area contributed by atoms with Gasteiger partial charge in [-0.2, -0.15) is 0 Å². The first kappa shape index (κ1) is 46.7. The van der Waals surface area contributed by atoms with Gasteiger partial charge in [0.1, 0.15) is 0 Å². The van der Waals surface area contributed by atoms with Crippen molar-refractivity contribution in [1.82, 2.24) is 0 Å². The lowest BCUT2D eigenvalue weighted by Crippen LogP contribution is -2.15. The smallest absolute Gasteiger partial charge is 0.0159 e. The van der Waals surface area contributed by atoms with Gasteiger partial charge >= 0.3 is 0 Å². The topological polar surface area (TPSA) is 0 Å². The highest BCUT2D eigenvalue weighted by atomic mass is 14.4. The van der Waals surface area contributed by atoms with Gasteiger partial charge in [-0.05, 0) is 105 Å². The van der Waals surface area contributed by atoms with Gasteiger partial charge in [0.15, 0.2) is 0 Å². The lowest BCUT2D eigenvalue weighted by molar-refractivity contribution is 0.659. The van der Waals surface area contributed by atoms with Crippen LogP contribution in [0.4, 0.5) is 0 Å². The Hall–Kier alpha value is -5.98. The summed E-state index contributed by atoms with van der Waals surface area (Å²) in [5, 5.41) is 2.59. The molecule has 0 spiro atoms. The predicted octanol–water partition coefficient (Wildman–Crippen LogP) is 17.9. The standard InChI is InChI=1S/C29H26.C25H24.3C2H6/c1-19-5-11-24-17-21(9-12-23(24)15-19)7-8-22-10-14-26-25-13-6-20(2)16-27(25)29(3,4)28(26)18-22;1-3-21-8-10-23(11-9-21)14-15-25-18-16-24(17-19-25)13-12-22-6-4-20(2)5-7-22;3*1-2/h5-18H,1-4H3;4-19H,3H2,1-2H3;3*1-2H3. The van der Waals surface area contributed by atoms with Crippen molar-refractivity contribution in [3.8, 4) is 11.1 Å². The summed E-state index contributed by atoms with van der Waals surface area (Å²) < 4.78 is 0. The van der Waals surface area contributed by atoms with E-state index in [0.717, 1.165) is 6.42 Å². The molecule has 0 amide bonds. The van der Waals surface area contributed by atoms with E-state index in [-0.39, 0.29) is 5.41 Å². The largest absolute Gasteiger partial charge is 0.0683 e. The van der Waals surface area contributed by atoms with Crippen LogP contribution in [0.2, 0.25) is 0 Å². The summed E-state index contributed by atoms with van der Waals surface area (Å²) in [6.07, 6.45) is 14.2. The quantitative estimate of drug-likeness (QED) is 0.141. The van der Waals surface area contributed by atoms with Crippen LogP contribution in [0.25, 0.3) is 58.4 Å². The van der Waals surface area contributed by atoms with Gasteiger partial charge in [0.2, 0.25) is 0 Å². The lowest BCUT2D eigenvalue weighted by Gasteiger charge is -2.22. The van der Waals surface area contributed by atoms with E-state index in [1.54, 1.807) is 0 Å². The fraction of sp³-hybridized carbons (Fsp3) is 0.233. The minimum absolute atomic E-state index is 0.0430. The monoisotopic (exact) mass is 789 g/mol. The Labute approximate surface area is 364 Å². The molecule has 60 heavy (non-hydrogen) atoms. The van der Waals surface area contributed by atoms with Crippen LogP contribution in [-0.2, 0) is 11.8 Å². The second-order valence-electron chi connectivity index (χ2n) is 15.3. The highest BCUT2D eigenvalue weighted by Crippen LogP contribution is 2.49. The fourth-order valence-corrected chi connectivity index (χ4v) is 7.30. The van der Waals surface area contributed by atoms with Crippen molar-refractivity contribution in [3.63, 3.8) is 0 Å². The zero-order valence-electron chi connectivity index (χ0n) is 38.5. The Morgan fingerprint density at radius 3 is 1.22 bits per heavy atom. The number of fused-ring (bicyclic) bond motifs is 4. The average Bonchev–Trinajstić information content (AvgIpc) is 3.51. The minimum atomic E-state index is 0.0430. The van der Waals surface area contributed by atoms with Gasteiger partial charge in [-0.15, -0.1) is 0 Å². The summed E-state index contributed by atoms with van der Waals surface area (Å²) in [7, 11) is 0. The molecule has 0 atom stereocenters. The number of aryl methyl sites for hydroxylation is 4. The van der Waals surface area contributed by atoms with Gasteiger partial charge in [0.25, 0.3) is 0 Å². The van der Waals surface area contributed by atoms with Crippen LogP contribution in [0, 0.1) is 20.8 Å². The van der Waals surface area contributed by atoms with Crippen molar-refractivity contribution >= 4 is 47.2 Å². The van der Waals surface area contributed by atoms with Crippen LogP contribution in [0.1, 0.15) is 129 Å². The summed E-state index contributed by atoms with van der Waals surface area (Å²) in [6.45, 7) is 25.3. The molecule has 0 fully saturated rings. The highest BCUT2D eigenvalue weighted by Gasteiger charge is 2.35. The normalized spacial score (nSPS) is 12.0. The molecule has 1 aliphatic rings. The van der Waals surface area contributed by atoms with Crippen LogP contribution >= 0.6 is 0 Å². The highest BCUT2D eigenvalue weighted by molar-refractivity contribution is 5.87. The maximum Gasteiger partial charge on any atom is 0.0159 e. The van der Waals surface area contributed by atoms with E-state index in [4.69, 9.17) is 0 Å². The van der Waals surface area contributed by atoms with Crippen LogP contribution in [-0.4, -0.2) is 0 Å². The van der Waals surface area contributed by atoms with E-state index in [0.29, 0.717) is 0 Å². The molecular weight excluding hydrogens is 721 g/mol. The van der Waals surface area contributed by atoms with Crippen LogP contribution in [0.3, 0.4) is 0 Å². The van der Waals surface area contributed by atoms with E-state index in [1.165, 1.54) is 88.7 Å². The first-order chi connectivity index (χ1) is 29.1. The molecule has 0 aliphatic heterocycles. The van der Waals surface area contributed by atoms with Crippen molar-refractivity contribution in [2.75, 3.05) is 0 Å². The molecule has 0 nitrogen and oxygen atoms in total. The van der Waals surface area contributed by atoms with Crippen LogP contribution in [0.5, 0.6) is 0 Å². The zero-order valence-corrected chi connectivity index (χ0v) is 38.5. The van der Waals surface area contributed by atoms with Crippen molar-refractivity contribution < 1.29 is 0 Å². The molecule has 8 rings (SSSR count). The zero-order chi connectivity index (χ0) is 43.7. The van der Waals surface area contributed by atoms with Gasteiger partial charge in [-0.25, -0.2) is 0 Å². The third-order valence-electron chi connectivity index (χ3n) is 10.7. The molecule has 0 aromatic heterocycles. The van der Waals surface area contributed by atoms with Crippen LogP contribution < -0.4 is 0 Å². The summed E-state index contributed by atoms with van der Waals surface area (Å²) in [5.41, 5.74) is 18.4. The molecule has 0 saturated carbocycles. The molecule has 0 unspecified atom stereocenters. The second kappa shape index (κ2) is 23.0. The van der Waals surface area contributed by atoms with E-state index < -0.39 is 0 Å². The molecule has 0 saturated heterocycles. The fourth-order valence-electron chi connectivity index (χ4n) is 7.30. The van der Waals surface area contributed by atoms with E-state index in [2.05, 4.69) is 224 Å². The molecule has 0 heterocycles. The van der Waals surface area contributed by atoms with Crippen molar-refractivity contribution in [2.24, 2.45) is 0 Å². The molecule has 0 heteroatoms. The summed E-state index contributed by atoms with van der Waals surface area (Å²) >= 11 is 0. The lowest BCUT2D eigenvalue weighted by atomic mass is 9.81. The SMILES string of the molecule is CC.CC.CC.CCc1ccc(C=Cc2ccc(C=Cc3ccc(C)cc3)cc2)cc1.Cc1ccc2c(c1)C(C)(C)c1cc(C=Cc3ccc4cc(C)ccc4c3)ccc1-2. The summed E-state index contributed by atoms with van der Waals surface area (Å²) in [4.78, 5) is 0. The first-order valence-electron chi connectivity index (χ1n) is 22.2. The third-order valence-corrected chi connectivity index (χ3v) is 10.7.